The maximum atomic E-state index is 10.7. The first kappa shape index (κ1) is 14.5. The molecule has 1 aromatic carbocycles. The lowest BCUT2D eigenvalue weighted by atomic mass is 10.2. The van der Waals surface area contributed by atoms with Crippen LogP contribution in [0.3, 0.4) is 0 Å². The Morgan fingerprint density at radius 2 is 2.00 bits per heavy atom. The Morgan fingerprint density at radius 1 is 1.35 bits per heavy atom. The van der Waals surface area contributed by atoms with Gasteiger partial charge in [0.2, 0.25) is 5.88 Å². The first-order valence-electron chi connectivity index (χ1n) is 5.48. The normalized spacial score (nSPS) is 10.3. The monoisotopic (exact) mass is 313 g/mol. The van der Waals surface area contributed by atoms with Gasteiger partial charge in [0.15, 0.2) is 5.75 Å². The fourth-order valence-electron chi connectivity index (χ4n) is 1.52. The van der Waals surface area contributed by atoms with Crippen molar-refractivity contribution >= 4 is 28.9 Å². The molecule has 0 amide bonds. The summed E-state index contributed by atoms with van der Waals surface area (Å²) in [6.45, 7) is 0.228. The van der Waals surface area contributed by atoms with Crippen molar-refractivity contribution in [3.05, 3.63) is 56.2 Å². The van der Waals surface area contributed by atoms with Crippen LogP contribution in [-0.4, -0.2) is 9.91 Å². The largest absolute Gasteiger partial charge is 0.436 e. The molecule has 0 spiro atoms. The van der Waals surface area contributed by atoms with E-state index in [1.54, 1.807) is 12.1 Å². The van der Waals surface area contributed by atoms with Gasteiger partial charge in [-0.3, -0.25) is 10.1 Å². The molecule has 2 rings (SSSR count). The number of rotatable bonds is 4. The van der Waals surface area contributed by atoms with Crippen LogP contribution >= 0.6 is 23.2 Å². The van der Waals surface area contributed by atoms with Crippen molar-refractivity contribution in [1.29, 1.82) is 0 Å². The lowest BCUT2D eigenvalue weighted by Gasteiger charge is -2.11. The summed E-state index contributed by atoms with van der Waals surface area (Å²) >= 11 is 11.9. The molecule has 0 atom stereocenters. The molecule has 0 aliphatic rings. The van der Waals surface area contributed by atoms with Crippen LogP contribution in [-0.2, 0) is 6.54 Å². The highest BCUT2D eigenvalue weighted by molar-refractivity contribution is 6.37. The van der Waals surface area contributed by atoms with Crippen LogP contribution in [0.5, 0.6) is 11.6 Å². The van der Waals surface area contributed by atoms with Crippen molar-refractivity contribution in [3.8, 4) is 11.6 Å². The minimum Gasteiger partial charge on any atom is -0.436 e. The third-order valence-corrected chi connectivity index (χ3v) is 3.02. The number of nitro benzene ring substituents is 1. The number of hydrogen-bond donors (Lipinski definition) is 1. The van der Waals surface area contributed by atoms with E-state index in [9.17, 15) is 10.1 Å². The van der Waals surface area contributed by atoms with Gasteiger partial charge in [-0.05, 0) is 6.07 Å². The number of pyridine rings is 1. The van der Waals surface area contributed by atoms with E-state index in [1.807, 2.05) is 0 Å². The van der Waals surface area contributed by atoms with Gasteiger partial charge in [-0.1, -0.05) is 29.3 Å². The first-order valence-corrected chi connectivity index (χ1v) is 6.23. The van der Waals surface area contributed by atoms with E-state index >= 15 is 0 Å². The number of ether oxygens (including phenoxy) is 1. The Kier molecular flexibility index (Phi) is 4.39. The van der Waals surface area contributed by atoms with Crippen molar-refractivity contribution in [3.63, 3.8) is 0 Å². The van der Waals surface area contributed by atoms with Crippen LogP contribution in [0.15, 0.2) is 30.5 Å². The zero-order valence-corrected chi connectivity index (χ0v) is 11.6. The standard InChI is InChI=1S/C12H9Cl2N3O3/c13-9-4-8(17(18)19)5-10(14)11(9)20-12-7(6-15)2-1-3-16-12/h1-5H,6,15H2. The molecule has 8 heteroatoms. The zero-order valence-electron chi connectivity index (χ0n) is 10.0. The second-order valence-corrected chi connectivity index (χ2v) is 4.58. The number of nitro groups is 1. The Morgan fingerprint density at radius 3 is 2.55 bits per heavy atom. The highest BCUT2D eigenvalue weighted by Crippen LogP contribution is 2.39. The van der Waals surface area contributed by atoms with Gasteiger partial charge in [0.1, 0.15) is 0 Å². The topological polar surface area (TPSA) is 91.3 Å². The summed E-state index contributed by atoms with van der Waals surface area (Å²) in [6.07, 6.45) is 1.53. The molecule has 0 bridgehead atoms. The Bertz CT molecular complexity index is 641. The summed E-state index contributed by atoms with van der Waals surface area (Å²) in [5.74, 6) is 0.361. The summed E-state index contributed by atoms with van der Waals surface area (Å²) in [6, 6.07) is 5.78. The summed E-state index contributed by atoms with van der Waals surface area (Å²) in [4.78, 5) is 14.1. The lowest BCUT2D eigenvalue weighted by molar-refractivity contribution is -0.384. The van der Waals surface area contributed by atoms with Crippen molar-refractivity contribution in [2.75, 3.05) is 0 Å². The van der Waals surface area contributed by atoms with Crippen LogP contribution < -0.4 is 10.5 Å². The average Bonchev–Trinajstić information content (AvgIpc) is 2.42. The predicted octanol–water partition coefficient (Wildman–Crippen LogP) is 3.55. The summed E-state index contributed by atoms with van der Waals surface area (Å²) in [7, 11) is 0. The van der Waals surface area contributed by atoms with E-state index in [0.717, 1.165) is 12.1 Å². The van der Waals surface area contributed by atoms with Gasteiger partial charge >= 0.3 is 0 Å². The van der Waals surface area contributed by atoms with Gasteiger partial charge in [-0.25, -0.2) is 4.98 Å². The molecule has 0 aliphatic heterocycles. The van der Waals surface area contributed by atoms with E-state index in [4.69, 9.17) is 33.7 Å². The quantitative estimate of drug-likeness (QED) is 0.688. The molecular weight excluding hydrogens is 305 g/mol. The first-order chi connectivity index (χ1) is 9.52. The molecule has 1 aromatic heterocycles. The number of halogens is 2. The molecule has 104 valence electrons. The number of hydrogen-bond acceptors (Lipinski definition) is 5. The molecule has 6 nitrogen and oxygen atoms in total. The molecular formula is C12H9Cl2N3O3. The van der Waals surface area contributed by atoms with E-state index in [2.05, 4.69) is 4.98 Å². The molecule has 0 saturated carbocycles. The van der Waals surface area contributed by atoms with Crippen LogP contribution in [0.25, 0.3) is 0 Å². The smallest absolute Gasteiger partial charge is 0.272 e. The molecule has 0 unspecified atom stereocenters. The van der Waals surface area contributed by atoms with Crippen LogP contribution in [0.4, 0.5) is 5.69 Å². The van der Waals surface area contributed by atoms with Crippen LogP contribution in [0, 0.1) is 10.1 Å². The third kappa shape index (κ3) is 2.98. The molecule has 2 aromatic rings. The maximum Gasteiger partial charge on any atom is 0.272 e. The second-order valence-electron chi connectivity index (χ2n) is 3.77. The summed E-state index contributed by atoms with van der Waals surface area (Å²) < 4.78 is 5.52. The molecule has 0 fully saturated rings. The number of non-ortho nitro benzene ring substituents is 1. The summed E-state index contributed by atoms with van der Waals surface area (Å²) in [5, 5.41) is 10.7. The van der Waals surface area contributed by atoms with Gasteiger partial charge in [0.05, 0.1) is 15.0 Å². The van der Waals surface area contributed by atoms with Gasteiger partial charge in [0.25, 0.3) is 5.69 Å². The fourth-order valence-corrected chi connectivity index (χ4v) is 2.07. The zero-order chi connectivity index (χ0) is 14.7. The number of benzene rings is 1. The third-order valence-electron chi connectivity index (χ3n) is 2.46. The van der Waals surface area contributed by atoms with Gasteiger partial charge in [0, 0.05) is 30.4 Å². The minimum atomic E-state index is -0.590. The molecule has 20 heavy (non-hydrogen) atoms. The maximum absolute atomic E-state index is 10.7. The van der Waals surface area contributed by atoms with Gasteiger partial charge < -0.3 is 10.5 Å². The second kappa shape index (κ2) is 6.04. The van der Waals surface area contributed by atoms with Crippen LogP contribution in [0.2, 0.25) is 10.0 Å². The molecule has 1 heterocycles. The highest BCUT2D eigenvalue weighted by Gasteiger charge is 2.17. The van der Waals surface area contributed by atoms with Crippen molar-refractivity contribution < 1.29 is 9.66 Å². The predicted molar refractivity (Wildman–Crippen MR) is 75.3 cm³/mol. The molecule has 2 N–H and O–H groups in total. The Hall–Kier alpha value is -1.89. The van der Waals surface area contributed by atoms with E-state index in [0.29, 0.717) is 5.56 Å². The highest BCUT2D eigenvalue weighted by atomic mass is 35.5. The number of nitrogens with two attached hydrogens (primary N) is 1. The van der Waals surface area contributed by atoms with Gasteiger partial charge in [-0.2, -0.15) is 0 Å². The SMILES string of the molecule is NCc1cccnc1Oc1c(Cl)cc([N+](=O)[O-])cc1Cl. The molecule has 0 saturated heterocycles. The Labute approximate surface area is 124 Å². The van der Waals surface area contributed by atoms with Gasteiger partial charge in [-0.15, -0.1) is 0 Å². The minimum absolute atomic E-state index is 0.0258. The van der Waals surface area contributed by atoms with E-state index < -0.39 is 4.92 Å². The van der Waals surface area contributed by atoms with Crippen molar-refractivity contribution in [1.82, 2.24) is 4.98 Å². The fraction of sp³-hybridized carbons (Fsp3) is 0.0833. The molecule has 0 aliphatic carbocycles. The van der Waals surface area contributed by atoms with Crippen LogP contribution in [0.1, 0.15) is 5.56 Å². The van der Waals surface area contributed by atoms with Crippen molar-refractivity contribution in [2.24, 2.45) is 5.73 Å². The Balaban J connectivity index is 2.41. The summed E-state index contributed by atoms with van der Waals surface area (Å²) in [5.41, 5.74) is 6.02. The molecule has 0 radical (unpaired) electrons. The van der Waals surface area contributed by atoms with E-state index in [1.165, 1.54) is 6.20 Å². The van der Waals surface area contributed by atoms with E-state index in [-0.39, 0.29) is 33.9 Å². The lowest BCUT2D eigenvalue weighted by Crippen LogP contribution is -2.01. The average molecular weight is 314 g/mol. The number of nitrogens with zero attached hydrogens (tertiary/aromatic N) is 2. The van der Waals surface area contributed by atoms with Crippen molar-refractivity contribution in [2.45, 2.75) is 6.54 Å². The number of aromatic nitrogens is 1.